The van der Waals surface area contributed by atoms with Crippen molar-refractivity contribution in [2.75, 3.05) is 17.7 Å². The van der Waals surface area contributed by atoms with Gasteiger partial charge in [0, 0.05) is 22.1 Å². The Morgan fingerprint density at radius 3 is 2.69 bits per heavy atom. The number of hydrogen-bond acceptors (Lipinski definition) is 9. The number of fused-ring (bicyclic) bond motifs is 2. The molecule has 182 valence electrons. The quantitative estimate of drug-likeness (QED) is 0.267. The Balaban J connectivity index is 1.37. The number of halogens is 1. The minimum atomic E-state index is -0.924. The summed E-state index contributed by atoms with van der Waals surface area (Å²) < 4.78 is 26.2. The number of aryl methyl sites for hydroxylation is 1. The first kappa shape index (κ1) is 22.8. The largest absolute Gasteiger partial charge is 0.481 e. The number of nitrogens with zero attached hydrogens (tertiary/aromatic N) is 4. The van der Waals surface area contributed by atoms with Crippen molar-refractivity contribution in [3.8, 4) is 0 Å². The third-order valence-electron chi connectivity index (χ3n) is 5.35. The summed E-state index contributed by atoms with van der Waals surface area (Å²) in [6.07, 6.45) is 2.61. The molecule has 0 radical (unpaired) electrons. The minimum Gasteiger partial charge on any atom is -0.481 e. The predicted octanol–water partition coefficient (Wildman–Crippen LogP) is 4.46. The number of hydrogen-bond donors (Lipinski definition) is 3. The molecular formula is C24H19FN6O5. The number of nitrogens with one attached hydrogen (secondary N) is 2. The molecule has 0 fully saturated rings. The van der Waals surface area contributed by atoms with E-state index in [1.807, 2.05) is 0 Å². The number of rotatable bonds is 8. The van der Waals surface area contributed by atoms with Crippen LogP contribution in [0.1, 0.15) is 17.0 Å². The van der Waals surface area contributed by atoms with Crippen molar-refractivity contribution < 1.29 is 28.2 Å². The van der Waals surface area contributed by atoms with E-state index in [-0.39, 0.29) is 30.5 Å². The van der Waals surface area contributed by atoms with Gasteiger partial charge in [-0.25, -0.2) is 14.2 Å². The van der Waals surface area contributed by atoms with Crippen LogP contribution in [0.2, 0.25) is 0 Å². The topological polar surface area (TPSA) is 144 Å². The molecule has 0 unspecified atom stereocenters. The molecule has 3 aromatic heterocycles. The van der Waals surface area contributed by atoms with Gasteiger partial charge in [-0.1, -0.05) is 0 Å². The fourth-order valence-corrected chi connectivity index (χ4v) is 3.63. The van der Waals surface area contributed by atoms with Crippen LogP contribution in [0.25, 0.3) is 21.9 Å². The summed E-state index contributed by atoms with van der Waals surface area (Å²) in [5.74, 6) is -2.00. The molecule has 0 saturated heterocycles. The molecule has 0 atom stereocenters. The zero-order chi connectivity index (χ0) is 25.2. The second-order valence-electron chi connectivity index (χ2n) is 7.78. The highest BCUT2D eigenvalue weighted by Crippen LogP contribution is 2.27. The molecule has 0 saturated carbocycles. The summed E-state index contributed by atoms with van der Waals surface area (Å²) in [6.45, 7) is 0.209. The summed E-state index contributed by atoms with van der Waals surface area (Å²) in [7, 11) is 1.27. The van der Waals surface area contributed by atoms with Gasteiger partial charge in [0.1, 0.15) is 5.58 Å². The van der Waals surface area contributed by atoms with Crippen LogP contribution in [-0.4, -0.2) is 43.9 Å². The Morgan fingerprint density at radius 2 is 1.89 bits per heavy atom. The number of ether oxygens (including phenoxy) is 1. The van der Waals surface area contributed by atoms with Gasteiger partial charge < -0.3 is 24.9 Å². The minimum absolute atomic E-state index is 0.0548. The molecule has 3 heterocycles. The number of aromatic nitrogens is 4. The van der Waals surface area contributed by atoms with E-state index in [0.29, 0.717) is 27.9 Å². The van der Waals surface area contributed by atoms with Gasteiger partial charge in [-0.15, -0.1) is 0 Å². The molecule has 11 nitrogen and oxygen atoms in total. The molecule has 0 aliphatic heterocycles. The van der Waals surface area contributed by atoms with Crippen molar-refractivity contribution >= 4 is 57.0 Å². The van der Waals surface area contributed by atoms with Gasteiger partial charge in [0.2, 0.25) is 11.7 Å². The Morgan fingerprint density at radius 1 is 1.08 bits per heavy atom. The number of anilines is 4. The first-order valence-corrected chi connectivity index (χ1v) is 10.8. The molecule has 5 aromatic rings. The van der Waals surface area contributed by atoms with Crippen molar-refractivity contribution in [2.24, 2.45) is 0 Å². The fourth-order valence-electron chi connectivity index (χ4n) is 3.63. The Bertz CT molecular complexity index is 1610. The van der Waals surface area contributed by atoms with Crippen LogP contribution in [0, 0.1) is 5.82 Å². The summed E-state index contributed by atoms with van der Waals surface area (Å²) in [5, 5.41) is 20.6. The molecule has 12 heteroatoms. The maximum atomic E-state index is 14.5. The van der Waals surface area contributed by atoms with Gasteiger partial charge in [0.25, 0.3) is 0 Å². The summed E-state index contributed by atoms with van der Waals surface area (Å²) >= 11 is 0. The maximum Gasteiger partial charge on any atom is 0.373 e. The van der Waals surface area contributed by atoms with E-state index >= 15 is 0 Å². The zero-order valence-electron chi connectivity index (χ0n) is 18.9. The molecule has 36 heavy (non-hydrogen) atoms. The van der Waals surface area contributed by atoms with E-state index in [4.69, 9.17) is 9.52 Å². The smallest absolute Gasteiger partial charge is 0.373 e. The molecule has 0 aliphatic carbocycles. The number of methoxy groups -OCH3 is 1. The molecule has 0 bridgehead atoms. The number of carboxylic acids is 1. The van der Waals surface area contributed by atoms with Crippen LogP contribution in [0.5, 0.6) is 0 Å². The average Bonchev–Trinajstić information content (AvgIpc) is 3.48. The zero-order valence-corrected chi connectivity index (χ0v) is 18.9. The lowest BCUT2D eigenvalue weighted by Crippen LogP contribution is -2.06. The Kier molecular flexibility index (Phi) is 5.90. The van der Waals surface area contributed by atoms with E-state index in [9.17, 15) is 14.0 Å². The lowest BCUT2D eigenvalue weighted by atomic mass is 10.2. The average molecular weight is 490 g/mol. The lowest BCUT2D eigenvalue weighted by molar-refractivity contribution is -0.137. The molecular weight excluding hydrogens is 471 g/mol. The highest BCUT2D eigenvalue weighted by molar-refractivity contribution is 5.93. The molecule has 2 aromatic carbocycles. The molecule has 3 N–H and O–H groups in total. The number of furan rings is 1. The SMILES string of the molecule is COC(=O)c1cc2cc(Nc3ncc(F)c(Nc4ccc5cnn(CCC(=O)O)c5c4)n3)ccc2o1. The monoisotopic (exact) mass is 490 g/mol. The Hall–Kier alpha value is -5.00. The molecule has 0 amide bonds. The Labute approximate surface area is 202 Å². The van der Waals surface area contributed by atoms with Gasteiger partial charge in [-0.2, -0.15) is 10.1 Å². The highest BCUT2D eigenvalue weighted by atomic mass is 19.1. The van der Waals surface area contributed by atoms with Crippen molar-refractivity contribution in [2.45, 2.75) is 13.0 Å². The number of carbonyl (C=O) groups is 2. The third kappa shape index (κ3) is 4.64. The fraction of sp³-hybridized carbons (Fsp3) is 0.125. The summed E-state index contributed by atoms with van der Waals surface area (Å²) in [5.41, 5.74) is 2.34. The van der Waals surface area contributed by atoms with E-state index in [1.165, 1.54) is 7.11 Å². The van der Waals surface area contributed by atoms with Crippen LogP contribution in [0.3, 0.4) is 0 Å². The van der Waals surface area contributed by atoms with Crippen LogP contribution >= 0.6 is 0 Å². The number of esters is 1. The highest BCUT2D eigenvalue weighted by Gasteiger charge is 2.14. The lowest BCUT2D eigenvalue weighted by Gasteiger charge is -2.10. The van der Waals surface area contributed by atoms with Crippen molar-refractivity contribution in [1.82, 2.24) is 19.7 Å². The van der Waals surface area contributed by atoms with Crippen molar-refractivity contribution in [1.29, 1.82) is 0 Å². The van der Waals surface area contributed by atoms with E-state index in [1.54, 1.807) is 53.3 Å². The van der Waals surface area contributed by atoms with Gasteiger partial charge in [-0.05, 0) is 42.5 Å². The van der Waals surface area contributed by atoms with Gasteiger partial charge in [0.05, 0.1) is 38.0 Å². The van der Waals surface area contributed by atoms with Crippen LogP contribution in [0.15, 0.2) is 59.3 Å². The second kappa shape index (κ2) is 9.33. The molecule has 0 aliphatic rings. The first-order chi connectivity index (χ1) is 17.4. The van der Waals surface area contributed by atoms with Crippen LogP contribution < -0.4 is 10.6 Å². The van der Waals surface area contributed by atoms with Gasteiger partial charge >= 0.3 is 11.9 Å². The van der Waals surface area contributed by atoms with Crippen molar-refractivity contribution in [3.63, 3.8) is 0 Å². The van der Waals surface area contributed by atoms with E-state index in [0.717, 1.165) is 11.6 Å². The number of carbonyl (C=O) groups excluding carboxylic acids is 1. The standard InChI is InChI=1S/C24H19FN6O5/c1-35-23(34)20-9-14-8-15(4-5-19(14)36-20)29-24-26-12-17(25)22(30-24)28-16-3-2-13-11-27-31(18(13)10-16)7-6-21(32)33/h2-5,8-12H,6-7H2,1H3,(H,32,33)(H2,26,28,29,30). The number of carboxylic acid groups (broad SMARTS) is 1. The number of benzene rings is 2. The van der Waals surface area contributed by atoms with E-state index < -0.39 is 17.8 Å². The van der Waals surface area contributed by atoms with Crippen LogP contribution in [0.4, 0.5) is 27.5 Å². The summed E-state index contributed by atoms with van der Waals surface area (Å²) in [6, 6.07) is 12.0. The summed E-state index contributed by atoms with van der Waals surface area (Å²) in [4.78, 5) is 30.8. The first-order valence-electron chi connectivity index (χ1n) is 10.8. The van der Waals surface area contributed by atoms with Crippen molar-refractivity contribution in [3.05, 3.63) is 66.4 Å². The third-order valence-corrected chi connectivity index (χ3v) is 5.35. The number of aliphatic carboxylic acids is 1. The van der Waals surface area contributed by atoms with Gasteiger partial charge in [0.15, 0.2) is 11.6 Å². The maximum absolute atomic E-state index is 14.5. The second-order valence-corrected chi connectivity index (χ2v) is 7.78. The molecule has 5 rings (SSSR count). The molecule has 0 spiro atoms. The van der Waals surface area contributed by atoms with Gasteiger partial charge in [-0.3, -0.25) is 9.48 Å². The predicted molar refractivity (Wildman–Crippen MR) is 128 cm³/mol. The van der Waals surface area contributed by atoms with Crippen LogP contribution in [-0.2, 0) is 16.1 Å². The van der Waals surface area contributed by atoms with E-state index in [2.05, 4.69) is 30.4 Å². The normalized spacial score (nSPS) is 11.1.